The van der Waals surface area contributed by atoms with Crippen molar-refractivity contribution in [3.8, 4) is 40.1 Å². The van der Waals surface area contributed by atoms with Crippen molar-refractivity contribution in [1.29, 1.82) is 0 Å². The average Bonchev–Trinajstić information content (AvgIpc) is 1.63. The average molecular weight is 2630 g/mol. The van der Waals surface area contributed by atoms with Crippen LogP contribution in [0.25, 0.3) is 68.0 Å². The summed E-state index contributed by atoms with van der Waals surface area (Å²) in [6.45, 7) is 18.8. The Morgan fingerprint density at radius 1 is 0.310 bits per heavy atom. The number of ether oxygens (including phenoxy) is 4. The van der Waals surface area contributed by atoms with Crippen LogP contribution in [0.4, 0.5) is 34.5 Å². The molecule has 14 aromatic rings. The van der Waals surface area contributed by atoms with E-state index in [0.29, 0.717) is 0 Å². The van der Waals surface area contributed by atoms with Crippen LogP contribution in [0.2, 0.25) is 0 Å². The lowest BCUT2D eigenvalue weighted by Crippen LogP contribution is -3.00. The molecule has 1 N–H and O–H groups in total. The predicted octanol–water partition coefficient (Wildman–Crippen LogP) is 6.64. The van der Waals surface area contributed by atoms with Crippen molar-refractivity contribution in [3.05, 3.63) is 334 Å². The van der Waals surface area contributed by atoms with Crippen LogP contribution >= 0.6 is 35.3 Å². The molecule has 0 aliphatic carbocycles. The number of halogens is 6. The summed E-state index contributed by atoms with van der Waals surface area (Å²) in [6, 6.07) is 104. The van der Waals surface area contributed by atoms with Crippen molar-refractivity contribution in [1.82, 2.24) is 0 Å². The van der Waals surface area contributed by atoms with E-state index >= 15 is 0 Å². The van der Waals surface area contributed by atoms with Gasteiger partial charge in [-0.15, -0.1) is 0 Å². The molecule has 3 aliphatic rings. The van der Waals surface area contributed by atoms with Gasteiger partial charge in [-0.25, -0.2) is 0 Å². The van der Waals surface area contributed by atoms with Crippen molar-refractivity contribution < 1.29 is 188 Å². The van der Waals surface area contributed by atoms with Crippen LogP contribution in [0, 0.1) is 0 Å². The number of aliphatic hydroxyl groups excluding tert-OH is 1. The SMILES string of the molecule is CCCCN(CCC[N+](C)(C)CCO)c1cc(C=C2Sc3ccccc3N2C)c2ccc(OC)cc2[n+]1-c1ccccc1.CCCCN(CCC[N+](C)(C)Cc1cccc(OC)c1)c1cc(C=C2Sc3ccccc3N2C)c2ccc(OC)cc2[n+]1-c1ccccc1.CCCCN(CCC[N+](C)(C)Cc1ccccc1)c1cc(C=C2Sc3ccccc3N2C)c2ccc(OC)cc2[n+]1-c1ccccc1.[Br-].[I-].[I-].[I-].[I-].[I-]. The third kappa shape index (κ3) is 30.9. The molecule has 0 unspecified atom stereocenters. The highest BCUT2D eigenvalue weighted by atomic mass is 127. The van der Waals surface area contributed by atoms with Gasteiger partial charge in [-0.2, -0.15) is 13.7 Å². The predicted molar refractivity (Wildman–Crippen MR) is 587 cm³/mol. The first kappa shape index (κ1) is 120. The largest absolute Gasteiger partial charge is 1.00 e. The third-order valence-corrected chi connectivity index (χ3v) is 30.3. The van der Waals surface area contributed by atoms with Gasteiger partial charge in [0.2, 0.25) is 0 Å². The molecule has 26 heteroatoms. The summed E-state index contributed by atoms with van der Waals surface area (Å²) in [5, 5.41) is 16.8. The number of pyridine rings is 3. The van der Waals surface area contributed by atoms with E-state index in [-0.39, 0.29) is 143 Å². The number of fused-ring (bicyclic) bond motifs is 6. The van der Waals surface area contributed by atoms with Crippen molar-refractivity contribution in [2.24, 2.45) is 0 Å². The number of thioether (sulfide) groups is 3. The summed E-state index contributed by atoms with van der Waals surface area (Å²) in [4.78, 5) is 18.6. The zero-order valence-corrected chi connectivity index (χ0v) is 102. The summed E-state index contributed by atoms with van der Waals surface area (Å²) < 4.78 is 32.8. The van der Waals surface area contributed by atoms with Gasteiger partial charge in [-0.3, -0.25) is 14.7 Å². The van der Waals surface area contributed by atoms with Crippen LogP contribution in [-0.2, 0) is 13.1 Å². The number of hydrogen-bond acceptors (Lipinski definition) is 14. The number of nitrogens with zero attached hydrogens (tertiary/aromatic N) is 12. The molecule has 770 valence electrons. The normalized spacial score (nSPS) is 13.2. The molecule has 0 radical (unpaired) electrons. The molecule has 3 aliphatic heterocycles. The Kier molecular flexibility index (Phi) is 48.0. The summed E-state index contributed by atoms with van der Waals surface area (Å²) in [7, 11) is 27.3. The van der Waals surface area contributed by atoms with Crippen LogP contribution in [0.1, 0.15) is 106 Å². The molecule has 0 fully saturated rings. The van der Waals surface area contributed by atoms with Crippen LogP contribution < -0.4 is 199 Å². The summed E-state index contributed by atoms with van der Waals surface area (Å²) in [5.74, 6) is 7.07. The van der Waals surface area contributed by atoms with E-state index in [0.717, 1.165) is 206 Å². The fraction of sp³-hybridized carbons (Fsp3) is 0.319. The fourth-order valence-corrected chi connectivity index (χ4v) is 22.5. The van der Waals surface area contributed by atoms with Crippen LogP contribution in [0.3, 0.4) is 0 Å². The zero-order chi connectivity index (χ0) is 97.6. The van der Waals surface area contributed by atoms with Gasteiger partial charge >= 0.3 is 0 Å². The number of aromatic nitrogens is 3. The smallest absolute Gasteiger partial charge is 0.282 e. The Morgan fingerprint density at radius 2 is 0.586 bits per heavy atom. The lowest BCUT2D eigenvalue weighted by Gasteiger charge is -2.31. The lowest BCUT2D eigenvalue weighted by molar-refractivity contribution is -0.903. The van der Waals surface area contributed by atoms with E-state index in [1.165, 1.54) is 108 Å². The molecule has 0 amide bonds. The van der Waals surface area contributed by atoms with E-state index in [4.69, 9.17) is 18.9 Å². The fourth-order valence-electron chi connectivity index (χ4n) is 19.2. The van der Waals surface area contributed by atoms with Crippen molar-refractivity contribution in [2.45, 2.75) is 106 Å². The van der Waals surface area contributed by atoms with Crippen LogP contribution in [0.15, 0.2) is 321 Å². The number of hydrogen-bond donors (Lipinski definition) is 1. The standard InChI is InChI=1S/C42H50N4O2S.C41H48N4OS.C36H46N4O2S.BrH.5HI/c1-7-8-24-44(25-15-26-46(3,4)31-32-16-14-19-35(27-32)47-5)41-28-33(29-42-43(2)38-20-12-13-21-40(38)49-42)37-23-22-36(48-6)30-39(37)45(41)34-17-10-9-11-18-34;1-6-7-25-43(26-16-27-45(3,4)31-32-17-10-8-11-18-32)40-28-33(29-41-42(2)37-21-14-15-22-39(37)47-41)36-24-23-35(46-5)30-38(36)44(40)34-19-12-9-13-20-34;1-6-7-20-38(21-13-22-40(3,4)23-24-41)35-25-28(26-36-37(2)32-16-11-12-17-34(32)43-36)31-19-18-30(42-5)27-33(31)39(35)29-14-9-8-10-15-29;;;;;;/h9-14,16-23,27-30H,7-8,15,24-26,31H2,1-6H3;8-15,17-24,28-30H,6-7,16,25-27,31H2,1-5H3;8-12,14-19,25-27,41H,6-7,13,20-24H2,1-5H3;6*1H/q3*+2;;;;;;/p-6. The molecular weight excluding hydrogens is 2490 g/mol. The first-order chi connectivity index (χ1) is 67.5. The van der Waals surface area contributed by atoms with Gasteiger partial charge in [0.05, 0.1) is 168 Å². The Labute approximate surface area is 972 Å². The number of quaternary nitrogens is 3. The molecule has 145 heavy (non-hydrogen) atoms. The van der Waals surface area contributed by atoms with Crippen molar-refractivity contribution in [3.63, 3.8) is 0 Å². The van der Waals surface area contributed by atoms with E-state index in [2.05, 4.69) is 431 Å². The summed E-state index contributed by atoms with van der Waals surface area (Å²) >= 11 is 5.50. The molecule has 0 atom stereocenters. The molecule has 0 spiro atoms. The first-order valence-corrected chi connectivity index (χ1v) is 52.0. The maximum Gasteiger partial charge on any atom is 0.282 e. The molecule has 0 saturated heterocycles. The monoisotopic (exact) mass is 2630 g/mol. The van der Waals surface area contributed by atoms with Gasteiger partial charge in [0, 0.05) is 119 Å². The van der Waals surface area contributed by atoms with E-state index in [1.54, 1.807) is 28.4 Å². The highest BCUT2D eigenvalue weighted by molar-refractivity contribution is 8.04. The molecule has 0 bridgehead atoms. The van der Waals surface area contributed by atoms with Crippen LogP contribution in [-0.4, -0.2) is 182 Å². The first-order valence-electron chi connectivity index (χ1n) is 49.5. The van der Waals surface area contributed by atoms with Gasteiger partial charge in [-0.05, 0) is 176 Å². The van der Waals surface area contributed by atoms with E-state index in [9.17, 15) is 5.11 Å². The Balaban J connectivity index is 0.000000238. The second-order valence-corrected chi connectivity index (χ2v) is 41.7. The van der Waals surface area contributed by atoms with Gasteiger partial charge in [0.25, 0.3) is 17.5 Å². The minimum Gasteiger partial charge on any atom is -1.00 e. The topological polar surface area (TPSA) is 88.2 Å². The second-order valence-electron chi connectivity index (χ2n) is 38.5. The Morgan fingerprint density at radius 3 is 0.890 bits per heavy atom. The third-order valence-electron chi connectivity index (χ3n) is 26.8. The lowest BCUT2D eigenvalue weighted by atomic mass is 10.1. The number of unbranched alkanes of at least 4 members (excludes halogenated alkanes) is 3. The number of aliphatic hydroxyl groups is 1. The number of para-hydroxylation sites is 6. The highest BCUT2D eigenvalue weighted by Crippen LogP contribution is 2.50. The number of anilines is 6. The highest BCUT2D eigenvalue weighted by Gasteiger charge is 2.35. The molecular formula is C119H144BrI5N12O5S3. The van der Waals surface area contributed by atoms with Crippen molar-refractivity contribution in [2.75, 3.05) is 193 Å². The zero-order valence-electron chi connectivity index (χ0n) is 86.9. The minimum atomic E-state index is 0. The van der Waals surface area contributed by atoms with Crippen LogP contribution in [0.5, 0.6) is 23.0 Å². The quantitative estimate of drug-likeness (QED) is 0.0253. The second kappa shape index (κ2) is 57.8. The van der Waals surface area contributed by atoms with Gasteiger partial charge < -0.3 is 189 Å². The molecule has 17 nitrogen and oxygen atoms in total. The molecule has 17 rings (SSSR count). The minimum absolute atomic E-state index is 0. The molecule has 0 saturated carbocycles. The van der Waals surface area contributed by atoms with E-state index in [1.807, 2.05) is 41.4 Å². The summed E-state index contributed by atoms with van der Waals surface area (Å²) in [5.41, 5.74) is 16.9. The Bertz CT molecular complexity index is 6620. The number of rotatable bonds is 40. The van der Waals surface area contributed by atoms with E-state index < -0.39 is 0 Å². The molecule has 11 aromatic carbocycles. The van der Waals surface area contributed by atoms with Gasteiger partial charge in [-0.1, -0.05) is 209 Å². The van der Waals surface area contributed by atoms with Crippen molar-refractivity contribution >= 4 is 121 Å². The number of methoxy groups -OCH3 is 4. The van der Waals surface area contributed by atoms with Gasteiger partial charge in [0.15, 0.2) is 0 Å². The maximum atomic E-state index is 9.58. The number of benzene rings is 11. The Hall–Kier alpha value is -8.11. The molecule has 6 heterocycles. The maximum absolute atomic E-state index is 9.58. The molecule has 3 aromatic heterocycles. The summed E-state index contributed by atoms with van der Waals surface area (Å²) in [6.07, 6.45) is 17.1. The number of likely N-dealkylation sites (N-methyl/N-ethyl adjacent to an activating group) is 1. The van der Waals surface area contributed by atoms with Gasteiger partial charge in [0.1, 0.15) is 76.2 Å².